The van der Waals surface area contributed by atoms with Crippen molar-refractivity contribution in [3.63, 3.8) is 0 Å². The number of carbonyl (C=O) groups is 5. The highest BCUT2D eigenvalue weighted by molar-refractivity contribution is 5.96. The van der Waals surface area contributed by atoms with Crippen molar-refractivity contribution < 1.29 is 24.0 Å². The van der Waals surface area contributed by atoms with Gasteiger partial charge >= 0.3 is 0 Å². The minimum Gasteiger partial charge on any atom is -0.368 e. The molecule has 6 atom stereocenters. The predicted octanol–water partition coefficient (Wildman–Crippen LogP) is 4.68. The molecular formula is C51H63N9O5. The van der Waals surface area contributed by atoms with Crippen LogP contribution in [0, 0.1) is 11.8 Å². The summed E-state index contributed by atoms with van der Waals surface area (Å²) in [5, 5.41) is 17.0. The number of aromatic nitrogens is 2. The minimum absolute atomic E-state index is 0.0775. The largest absolute Gasteiger partial charge is 0.368 e. The molecule has 0 aliphatic carbocycles. The number of amides is 5. The first kappa shape index (κ1) is 47.7. The molecule has 0 aliphatic heterocycles. The lowest BCUT2D eigenvalue weighted by Gasteiger charge is -2.30. The average molecular weight is 882 g/mol. The summed E-state index contributed by atoms with van der Waals surface area (Å²) in [5.74, 6) is -2.47. The third-order valence-electron chi connectivity index (χ3n) is 11.5. The van der Waals surface area contributed by atoms with Crippen molar-refractivity contribution in [3.8, 4) is 0 Å². The monoisotopic (exact) mass is 881 g/mol. The Kier molecular flexibility index (Phi) is 16.7. The number of hydrogen-bond acceptors (Lipinski definition) is 7. The minimum atomic E-state index is -1.18. The second-order valence-electron chi connectivity index (χ2n) is 17.7. The van der Waals surface area contributed by atoms with Crippen molar-refractivity contribution in [1.82, 2.24) is 36.6 Å². The quantitative estimate of drug-likeness (QED) is 0.0413. The molecule has 0 spiro atoms. The summed E-state index contributed by atoms with van der Waals surface area (Å²) in [6.45, 7) is 8.00. The fourth-order valence-electron chi connectivity index (χ4n) is 8.20. The van der Waals surface area contributed by atoms with Crippen LogP contribution in [-0.2, 0) is 49.7 Å². The van der Waals surface area contributed by atoms with Crippen LogP contribution in [0.25, 0.3) is 21.8 Å². The summed E-state index contributed by atoms with van der Waals surface area (Å²) < 4.78 is 0. The Labute approximate surface area is 380 Å². The molecule has 0 fully saturated rings. The Balaban J connectivity index is 1.30. The lowest BCUT2D eigenvalue weighted by molar-refractivity contribution is -0.134. The van der Waals surface area contributed by atoms with Gasteiger partial charge in [0.1, 0.15) is 18.1 Å². The van der Waals surface area contributed by atoms with Gasteiger partial charge in [-0.15, -0.1) is 0 Å². The van der Waals surface area contributed by atoms with Gasteiger partial charge in [-0.2, -0.15) is 0 Å². The Bertz CT molecular complexity index is 2520. The van der Waals surface area contributed by atoms with Crippen molar-refractivity contribution in [3.05, 3.63) is 144 Å². The number of para-hydroxylation sites is 2. The maximum atomic E-state index is 14.8. The molecule has 0 aliphatic rings. The summed E-state index contributed by atoms with van der Waals surface area (Å²) in [7, 11) is 0. The summed E-state index contributed by atoms with van der Waals surface area (Å²) in [5.41, 5.74) is 17.2. The van der Waals surface area contributed by atoms with Crippen molar-refractivity contribution in [2.45, 2.75) is 103 Å². The molecule has 14 heteroatoms. The molecule has 2 aromatic heterocycles. The van der Waals surface area contributed by atoms with Crippen molar-refractivity contribution in [2.75, 3.05) is 0 Å². The van der Waals surface area contributed by atoms with E-state index in [1.54, 1.807) is 6.20 Å². The molecule has 2 heterocycles. The normalized spacial score (nSPS) is 14.3. The molecule has 5 amide bonds. The van der Waals surface area contributed by atoms with Crippen LogP contribution in [0.3, 0.4) is 0 Å². The third kappa shape index (κ3) is 13.6. The van der Waals surface area contributed by atoms with E-state index in [0.717, 1.165) is 44.1 Å². The van der Waals surface area contributed by atoms with E-state index < -0.39 is 65.9 Å². The van der Waals surface area contributed by atoms with Crippen molar-refractivity contribution in [1.29, 1.82) is 0 Å². The molecule has 6 aromatic rings. The second-order valence-corrected chi connectivity index (χ2v) is 17.7. The van der Waals surface area contributed by atoms with E-state index in [1.807, 2.05) is 143 Å². The number of H-pyrrole nitrogens is 2. The standard InChI is InChI=1S/C51H63N9O5/c1-31(2)23-42(47(53)61)56-46(24-32(3)4)60-51(65)45(28-36-30-55-41-22-14-12-20-38(36)41)59-49(63)43(26-34-17-9-6-10-18-34)58-50(64)44(27-35-29-54-40-21-13-11-19-37(35)40)57-48(62)39(52)25-33-15-7-5-8-16-33/h5-22,29-32,39,42-46,54-56H,23-28,52H2,1-4H3,(H2,53,61)(H,57,62)(H,58,64)(H,59,63)(H,60,65)/t39-,42+,43+,44-,45-,46-/m1/s1. The Morgan fingerprint density at radius 1 is 0.492 bits per heavy atom. The van der Waals surface area contributed by atoms with Gasteiger partial charge < -0.3 is 42.7 Å². The van der Waals surface area contributed by atoms with Crippen molar-refractivity contribution in [2.24, 2.45) is 23.3 Å². The zero-order chi connectivity index (χ0) is 46.5. The number of nitrogens with two attached hydrogens (primary N) is 2. The van der Waals surface area contributed by atoms with Gasteiger partial charge in [0.05, 0.1) is 18.2 Å². The molecule has 4 aromatic carbocycles. The van der Waals surface area contributed by atoms with E-state index >= 15 is 0 Å². The molecule has 0 saturated heterocycles. The molecule has 342 valence electrons. The molecule has 11 N–H and O–H groups in total. The van der Waals surface area contributed by atoms with Gasteiger partial charge in [0.25, 0.3) is 0 Å². The fourth-order valence-corrected chi connectivity index (χ4v) is 8.20. The summed E-state index contributed by atoms with van der Waals surface area (Å²) in [6, 6.07) is 28.9. The van der Waals surface area contributed by atoms with E-state index in [1.165, 1.54) is 0 Å². The Morgan fingerprint density at radius 2 is 0.908 bits per heavy atom. The molecule has 6 rings (SSSR count). The van der Waals surface area contributed by atoms with E-state index in [0.29, 0.717) is 12.8 Å². The molecule has 0 unspecified atom stereocenters. The van der Waals surface area contributed by atoms with Gasteiger partial charge in [-0.25, -0.2) is 0 Å². The number of carbonyl (C=O) groups excluding carboxylic acids is 5. The van der Waals surface area contributed by atoms with Gasteiger partial charge in [0, 0.05) is 53.5 Å². The van der Waals surface area contributed by atoms with Gasteiger partial charge in [0.2, 0.25) is 29.5 Å². The predicted molar refractivity (Wildman–Crippen MR) is 255 cm³/mol. The second kappa shape index (κ2) is 22.7. The van der Waals surface area contributed by atoms with Crippen LogP contribution >= 0.6 is 0 Å². The van der Waals surface area contributed by atoms with Gasteiger partial charge in [-0.1, -0.05) is 125 Å². The number of aromatic amines is 2. The highest BCUT2D eigenvalue weighted by atomic mass is 16.2. The number of rotatable bonds is 23. The molecular weight excluding hydrogens is 819 g/mol. The first-order valence-electron chi connectivity index (χ1n) is 22.4. The zero-order valence-electron chi connectivity index (χ0n) is 37.6. The van der Waals surface area contributed by atoms with Crippen LogP contribution < -0.4 is 38.1 Å². The third-order valence-corrected chi connectivity index (χ3v) is 11.5. The maximum absolute atomic E-state index is 14.8. The number of benzene rings is 4. The molecule has 0 bridgehead atoms. The smallest absolute Gasteiger partial charge is 0.244 e. The number of fused-ring (bicyclic) bond motifs is 2. The number of nitrogens with one attached hydrogen (secondary N) is 7. The topological polar surface area (TPSA) is 229 Å². The first-order valence-corrected chi connectivity index (χ1v) is 22.4. The average Bonchev–Trinajstić information content (AvgIpc) is 3.89. The van der Waals surface area contributed by atoms with Crippen LogP contribution in [0.1, 0.15) is 62.8 Å². The van der Waals surface area contributed by atoms with Crippen LogP contribution in [0.2, 0.25) is 0 Å². The van der Waals surface area contributed by atoms with Crippen molar-refractivity contribution >= 4 is 51.3 Å². The van der Waals surface area contributed by atoms with Crippen LogP contribution in [-0.4, -0.2) is 75.9 Å². The lowest BCUT2D eigenvalue weighted by atomic mass is 9.99. The Hall–Kier alpha value is -6.77. The van der Waals surface area contributed by atoms with E-state index in [4.69, 9.17) is 11.5 Å². The SMILES string of the molecule is CC(C)C[C@@H](NC(=O)[C@@H](Cc1c[nH]c2ccccc12)NC(=O)[C@H](Cc1ccccc1)NC(=O)[C@@H](Cc1c[nH]c2ccccc12)NC(=O)[C@H](N)Cc1ccccc1)N[C@@H](CC(C)C)C(N)=O. The van der Waals surface area contributed by atoms with Gasteiger partial charge in [-0.3, -0.25) is 29.3 Å². The number of primary amides is 1. The molecule has 14 nitrogen and oxygen atoms in total. The lowest BCUT2D eigenvalue weighted by Crippen LogP contribution is -2.61. The van der Waals surface area contributed by atoms with E-state index in [9.17, 15) is 24.0 Å². The van der Waals surface area contributed by atoms with Gasteiger partial charge in [0.15, 0.2) is 0 Å². The number of hydrogen-bond donors (Lipinski definition) is 9. The van der Waals surface area contributed by atoms with E-state index in [-0.39, 0.29) is 37.5 Å². The van der Waals surface area contributed by atoms with E-state index in [2.05, 4.69) is 36.6 Å². The fraction of sp³-hybridized carbons (Fsp3) is 0.353. The zero-order valence-corrected chi connectivity index (χ0v) is 37.6. The highest BCUT2D eigenvalue weighted by Crippen LogP contribution is 2.22. The molecule has 0 radical (unpaired) electrons. The van der Waals surface area contributed by atoms with Crippen LogP contribution in [0.15, 0.2) is 122 Å². The van der Waals surface area contributed by atoms with Crippen LogP contribution in [0.4, 0.5) is 0 Å². The first-order chi connectivity index (χ1) is 31.2. The summed E-state index contributed by atoms with van der Waals surface area (Å²) in [6.07, 6.45) is 4.45. The van der Waals surface area contributed by atoms with Crippen LogP contribution in [0.5, 0.6) is 0 Å². The summed E-state index contributed by atoms with van der Waals surface area (Å²) in [4.78, 5) is 76.8. The highest BCUT2D eigenvalue weighted by Gasteiger charge is 2.33. The molecule has 65 heavy (non-hydrogen) atoms. The molecule has 0 saturated carbocycles. The Morgan fingerprint density at radius 3 is 1.38 bits per heavy atom. The summed E-state index contributed by atoms with van der Waals surface area (Å²) >= 11 is 0. The maximum Gasteiger partial charge on any atom is 0.244 e. The van der Waals surface area contributed by atoms with Gasteiger partial charge in [-0.05, 0) is 65.5 Å².